The number of aromatic nitrogens is 3. The Hall–Kier alpha value is -4.31. The van der Waals surface area contributed by atoms with Crippen LogP contribution in [0.2, 0.25) is 0 Å². The van der Waals surface area contributed by atoms with E-state index < -0.39 is 0 Å². The normalized spacial score (nSPS) is 11.0. The minimum atomic E-state index is 0. The molecular weight excluding hydrogens is 719 g/mol. The molecule has 3 aromatic heterocycles. The molecule has 7 aromatic rings. The molecule has 0 bridgehead atoms. The van der Waals surface area contributed by atoms with Gasteiger partial charge in [0.1, 0.15) is 0 Å². The maximum atomic E-state index is 5.91. The fraction of sp³-hybridized carbons (Fsp3) is 0.179. The van der Waals surface area contributed by atoms with Crippen molar-refractivity contribution in [3.63, 3.8) is 0 Å². The van der Waals surface area contributed by atoms with Gasteiger partial charge in [-0.3, -0.25) is 4.98 Å². The Bertz CT molecular complexity index is 1950. The summed E-state index contributed by atoms with van der Waals surface area (Å²) in [7, 11) is 0. The molecule has 3 heterocycles. The van der Waals surface area contributed by atoms with Gasteiger partial charge in [-0.2, -0.15) is 0 Å². The van der Waals surface area contributed by atoms with E-state index in [1.807, 2.05) is 48.5 Å². The number of hydrogen-bond donors (Lipinski definition) is 0. The largest absolute Gasteiger partial charge is 0.557 e. The van der Waals surface area contributed by atoms with Crippen LogP contribution in [0.3, 0.4) is 0 Å². The van der Waals surface area contributed by atoms with E-state index in [0.29, 0.717) is 5.92 Å². The second kappa shape index (κ2) is 13.5. The van der Waals surface area contributed by atoms with Gasteiger partial charge >= 0.3 is 0 Å². The SMILES string of the molecule is Cc1cc(C)c(-n2c(-c3[c-]oc4cc(CC(C)C)ccc34)nc3ccccc32)c(C)c1.[Ir].[c-]1ccccc1-c1ccccn1. The van der Waals surface area contributed by atoms with Crippen LogP contribution < -0.4 is 0 Å². The second-order valence-corrected chi connectivity index (χ2v) is 11.5. The zero-order valence-electron chi connectivity index (χ0n) is 25.7. The summed E-state index contributed by atoms with van der Waals surface area (Å²) in [6.45, 7) is 11.0. The number of nitrogens with zero attached hydrogens (tertiary/aromatic N) is 3. The molecule has 0 atom stereocenters. The summed E-state index contributed by atoms with van der Waals surface area (Å²) in [5.41, 5.74) is 12.0. The maximum Gasteiger partial charge on any atom is 0.0774 e. The third-order valence-electron chi connectivity index (χ3n) is 7.52. The van der Waals surface area contributed by atoms with E-state index in [4.69, 9.17) is 9.40 Å². The minimum absolute atomic E-state index is 0. The Morgan fingerprint density at radius 3 is 2.30 bits per heavy atom. The maximum absolute atomic E-state index is 5.91. The molecule has 5 heteroatoms. The van der Waals surface area contributed by atoms with Gasteiger partial charge in [0.15, 0.2) is 0 Å². The van der Waals surface area contributed by atoms with E-state index >= 15 is 0 Å². The molecule has 1 radical (unpaired) electrons. The molecule has 0 saturated carbocycles. The van der Waals surface area contributed by atoms with E-state index in [0.717, 1.165) is 51.1 Å². The summed E-state index contributed by atoms with van der Waals surface area (Å²) in [6.07, 6.45) is 6.00. The Balaban J connectivity index is 0.000000248. The number of pyridine rings is 1. The van der Waals surface area contributed by atoms with Crippen LogP contribution in [0.15, 0.2) is 108 Å². The van der Waals surface area contributed by atoms with Crippen molar-refractivity contribution in [2.45, 2.75) is 41.0 Å². The number of benzene rings is 4. The van der Waals surface area contributed by atoms with Gasteiger partial charge in [0.2, 0.25) is 0 Å². The van der Waals surface area contributed by atoms with Gasteiger partial charge in [-0.1, -0.05) is 84.5 Å². The quantitative estimate of drug-likeness (QED) is 0.165. The van der Waals surface area contributed by atoms with E-state index in [1.54, 1.807) is 6.20 Å². The average Bonchev–Trinajstić information content (AvgIpc) is 3.59. The van der Waals surface area contributed by atoms with Crippen molar-refractivity contribution in [2.24, 2.45) is 5.92 Å². The molecule has 0 amide bonds. The van der Waals surface area contributed by atoms with Crippen molar-refractivity contribution in [3.05, 3.63) is 138 Å². The van der Waals surface area contributed by atoms with Crippen LogP contribution in [0, 0.1) is 39.0 Å². The number of aryl methyl sites for hydroxylation is 3. The molecule has 0 spiro atoms. The van der Waals surface area contributed by atoms with E-state index in [2.05, 4.69) is 105 Å². The van der Waals surface area contributed by atoms with Crippen molar-refractivity contribution in [3.8, 4) is 28.3 Å². The zero-order valence-corrected chi connectivity index (χ0v) is 28.1. The van der Waals surface area contributed by atoms with Crippen molar-refractivity contribution in [2.75, 3.05) is 0 Å². The third kappa shape index (κ3) is 6.45. The number of imidazole rings is 1. The van der Waals surface area contributed by atoms with Crippen LogP contribution in [0.4, 0.5) is 0 Å². The number of hydrogen-bond acceptors (Lipinski definition) is 3. The molecule has 0 fully saturated rings. The minimum Gasteiger partial charge on any atom is -0.557 e. The van der Waals surface area contributed by atoms with E-state index in [1.165, 1.54) is 27.9 Å². The Morgan fingerprint density at radius 2 is 1.59 bits per heavy atom. The predicted molar refractivity (Wildman–Crippen MR) is 176 cm³/mol. The van der Waals surface area contributed by atoms with Gasteiger partial charge in [-0.25, -0.2) is 0 Å². The predicted octanol–water partition coefficient (Wildman–Crippen LogP) is 9.91. The summed E-state index contributed by atoms with van der Waals surface area (Å²) in [4.78, 5) is 9.25. The molecule has 0 aliphatic heterocycles. The van der Waals surface area contributed by atoms with Crippen molar-refractivity contribution in [1.82, 2.24) is 14.5 Å². The molecule has 4 aromatic carbocycles. The third-order valence-corrected chi connectivity index (χ3v) is 7.52. The second-order valence-electron chi connectivity index (χ2n) is 11.5. The topological polar surface area (TPSA) is 43.9 Å². The molecule has 7 rings (SSSR count). The van der Waals surface area contributed by atoms with Gasteiger partial charge in [-0.15, -0.1) is 42.0 Å². The van der Waals surface area contributed by atoms with Crippen molar-refractivity contribution < 1.29 is 24.5 Å². The zero-order chi connectivity index (χ0) is 29.9. The van der Waals surface area contributed by atoms with Crippen molar-refractivity contribution in [1.29, 1.82) is 0 Å². The number of fused-ring (bicyclic) bond motifs is 2. The first kappa shape index (κ1) is 31.1. The van der Waals surface area contributed by atoms with Gasteiger partial charge in [-0.05, 0) is 68.1 Å². The molecular formula is C39H35IrN3O-2. The Kier molecular flexibility index (Phi) is 9.58. The van der Waals surface area contributed by atoms with E-state index in [9.17, 15) is 0 Å². The standard InChI is InChI=1S/C28H27N2O.C11H8N.Ir/c1-17(2)12-21-10-11-22-23(16-31-26(22)15-21)28-29-24-8-6-7-9-25(24)30(28)27-19(4)13-18(3)14-20(27)5;1-2-6-10(7-3-1)11-8-4-5-9-12-11;/h6-11,13-15,17H,12H2,1-5H3;1-6,8-9H;/q2*-1;. The summed E-state index contributed by atoms with van der Waals surface area (Å²) < 4.78 is 8.18. The van der Waals surface area contributed by atoms with Crippen LogP contribution in [0.1, 0.15) is 36.1 Å². The van der Waals surface area contributed by atoms with Crippen LogP contribution in [-0.4, -0.2) is 14.5 Å². The van der Waals surface area contributed by atoms with E-state index in [-0.39, 0.29) is 20.1 Å². The smallest absolute Gasteiger partial charge is 0.0774 e. The fourth-order valence-electron chi connectivity index (χ4n) is 5.80. The summed E-state index contributed by atoms with van der Waals surface area (Å²) in [6, 6.07) is 36.1. The first-order valence-corrected chi connectivity index (χ1v) is 14.8. The van der Waals surface area contributed by atoms with Gasteiger partial charge in [0.25, 0.3) is 0 Å². The summed E-state index contributed by atoms with van der Waals surface area (Å²) in [5, 5.41) is 1.05. The Morgan fingerprint density at radius 1 is 0.841 bits per heavy atom. The monoisotopic (exact) mass is 754 g/mol. The van der Waals surface area contributed by atoms with Gasteiger partial charge in [0.05, 0.1) is 16.9 Å². The number of para-hydroxylation sites is 2. The molecule has 0 aliphatic carbocycles. The van der Waals surface area contributed by atoms with Crippen LogP contribution in [-0.2, 0) is 26.5 Å². The molecule has 223 valence electrons. The van der Waals surface area contributed by atoms with Gasteiger partial charge < -0.3 is 14.0 Å². The van der Waals surface area contributed by atoms with Gasteiger partial charge in [0, 0.05) is 43.8 Å². The fourth-order valence-corrected chi connectivity index (χ4v) is 5.80. The van der Waals surface area contributed by atoms with Crippen LogP contribution in [0.25, 0.3) is 50.3 Å². The summed E-state index contributed by atoms with van der Waals surface area (Å²) in [5.74, 6) is 1.47. The molecule has 0 saturated heterocycles. The first-order valence-electron chi connectivity index (χ1n) is 14.8. The summed E-state index contributed by atoms with van der Waals surface area (Å²) >= 11 is 0. The van der Waals surface area contributed by atoms with Crippen molar-refractivity contribution >= 4 is 22.0 Å². The molecule has 0 N–H and O–H groups in total. The Labute approximate surface area is 273 Å². The molecule has 0 unspecified atom stereocenters. The molecule has 44 heavy (non-hydrogen) atoms. The molecule has 4 nitrogen and oxygen atoms in total. The molecule has 0 aliphatic rings. The van der Waals surface area contributed by atoms with Crippen LogP contribution >= 0.6 is 0 Å². The average molecular weight is 754 g/mol. The number of furan rings is 1. The number of rotatable bonds is 5. The first-order chi connectivity index (χ1) is 20.9. The van der Waals surface area contributed by atoms with Crippen LogP contribution in [0.5, 0.6) is 0 Å².